The Balaban J connectivity index is 2.94. The summed E-state index contributed by atoms with van der Waals surface area (Å²) in [6, 6.07) is 3.09. The molecule has 0 saturated carbocycles. The van der Waals surface area contributed by atoms with Crippen LogP contribution in [-0.2, 0) is 9.53 Å². The maximum Gasteiger partial charge on any atom is 0.306 e. The van der Waals surface area contributed by atoms with Gasteiger partial charge in [0.05, 0.1) is 13.5 Å². The Morgan fingerprint density at radius 1 is 1.50 bits per heavy atom. The lowest BCUT2D eigenvalue weighted by atomic mass is 9.95. The van der Waals surface area contributed by atoms with Crippen molar-refractivity contribution in [2.45, 2.75) is 12.3 Å². The third-order valence-corrected chi connectivity index (χ3v) is 2.32. The van der Waals surface area contributed by atoms with E-state index < -0.39 is 23.5 Å². The van der Waals surface area contributed by atoms with Gasteiger partial charge in [-0.25, -0.2) is 8.78 Å². The van der Waals surface area contributed by atoms with Crippen molar-refractivity contribution in [2.24, 2.45) is 5.73 Å². The average Bonchev–Trinajstić information content (AvgIpc) is 2.29. The first-order valence-electron chi connectivity index (χ1n) is 4.80. The standard InChI is InChI=1S/C11H13F2NO2/c1-16-11(15)4-7(6-14)9-5-8(12)2-3-10(9)13/h2-3,5,7H,4,6,14H2,1H3. The summed E-state index contributed by atoms with van der Waals surface area (Å²) in [6.07, 6.45) is -0.0621. The van der Waals surface area contributed by atoms with Crippen LogP contribution in [0.3, 0.4) is 0 Å². The van der Waals surface area contributed by atoms with E-state index in [0.29, 0.717) is 0 Å². The number of hydrogen-bond acceptors (Lipinski definition) is 3. The minimum Gasteiger partial charge on any atom is -0.469 e. The highest BCUT2D eigenvalue weighted by atomic mass is 19.1. The highest BCUT2D eigenvalue weighted by Crippen LogP contribution is 2.23. The van der Waals surface area contributed by atoms with E-state index >= 15 is 0 Å². The molecule has 1 aromatic carbocycles. The Kier molecular flexibility index (Phi) is 4.37. The number of esters is 1. The van der Waals surface area contributed by atoms with Gasteiger partial charge in [-0.05, 0) is 30.3 Å². The predicted molar refractivity (Wildman–Crippen MR) is 54.8 cm³/mol. The molecule has 0 bridgehead atoms. The molecule has 0 aliphatic carbocycles. The Morgan fingerprint density at radius 2 is 2.19 bits per heavy atom. The molecule has 88 valence electrons. The summed E-state index contributed by atoms with van der Waals surface area (Å²) in [5, 5.41) is 0. The fourth-order valence-electron chi connectivity index (χ4n) is 1.43. The summed E-state index contributed by atoms with van der Waals surface area (Å²) in [4.78, 5) is 11.1. The first-order chi connectivity index (χ1) is 7.58. The first-order valence-corrected chi connectivity index (χ1v) is 4.80. The van der Waals surface area contributed by atoms with Crippen molar-refractivity contribution >= 4 is 5.97 Å². The minimum atomic E-state index is -0.569. The number of hydrogen-bond donors (Lipinski definition) is 1. The van der Waals surface area contributed by atoms with E-state index in [1.54, 1.807) is 0 Å². The molecule has 0 fully saturated rings. The van der Waals surface area contributed by atoms with Gasteiger partial charge in [0.2, 0.25) is 0 Å². The number of benzene rings is 1. The first kappa shape index (κ1) is 12.6. The van der Waals surface area contributed by atoms with Crippen molar-refractivity contribution in [3.05, 3.63) is 35.4 Å². The van der Waals surface area contributed by atoms with Gasteiger partial charge in [-0.15, -0.1) is 0 Å². The second kappa shape index (κ2) is 5.55. The molecule has 0 saturated heterocycles. The number of rotatable bonds is 4. The summed E-state index contributed by atoms with van der Waals surface area (Å²) in [7, 11) is 1.23. The highest BCUT2D eigenvalue weighted by Gasteiger charge is 2.19. The molecule has 0 amide bonds. The fraction of sp³-hybridized carbons (Fsp3) is 0.364. The maximum atomic E-state index is 13.4. The van der Waals surface area contributed by atoms with Crippen molar-refractivity contribution in [1.82, 2.24) is 0 Å². The maximum absolute atomic E-state index is 13.4. The third kappa shape index (κ3) is 3.00. The Morgan fingerprint density at radius 3 is 2.75 bits per heavy atom. The highest BCUT2D eigenvalue weighted by molar-refractivity contribution is 5.70. The Hall–Kier alpha value is -1.49. The zero-order valence-corrected chi connectivity index (χ0v) is 8.87. The lowest BCUT2D eigenvalue weighted by Crippen LogP contribution is -2.18. The number of methoxy groups -OCH3 is 1. The number of halogens is 2. The molecule has 1 unspecified atom stereocenters. The topological polar surface area (TPSA) is 52.3 Å². The van der Waals surface area contributed by atoms with E-state index in [1.165, 1.54) is 7.11 Å². The molecule has 0 aromatic heterocycles. The van der Waals surface area contributed by atoms with Gasteiger partial charge in [0.1, 0.15) is 11.6 Å². The van der Waals surface area contributed by atoms with Gasteiger partial charge < -0.3 is 10.5 Å². The van der Waals surface area contributed by atoms with E-state index in [4.69, 9.17) is 5.73 Å². The molecule has 1 atom stereocenters. The molecule has 2 N–H and O–H groups in total. The molecule has 0 spiro atoms. The third-order valence-electron chi connectivity index (χ3n) is 2.32. The molecule has 0 radical (unpaired) electrons. The number of carbonyl (C=O) groups excluding carboxylic acids is 1. The second-order valence-corrected chi connectivity index (χ2v) is 3.38. The minimum absolute atomic E-state index is 0.0511. The zero-order chi connectivity index (χ0) is 12.1. The van der Waals surface area contributed by atoms with Crippen molar-refractivity contribution in [3.8, 4) is 0 Å². The van der Waals surface area contributed by atoms with E-state index in [0.717, 1.165) is 18.2 Å². The van der Waals surface area contributed by atoms with Crippen LogP contribution in [0.2, 0.25) is 0 Å². The van der Waals surface area contributed by atoms with Crippen molar-refractivity contribution in [1.29, 1.82) is 0 Å². The molecule has 0 aliphatic rings. The van der Waals surface area contributed by atoms with Crippen molar-refractivity contribution < 1.29 is 18.3 Å². The Labute approximate surface area is 92.2 Å². The van der Waals surface area contributed by atoms with Gasteiger partial charge in [-0.2, -0.15) is 0 Å². The summed E-state index contributed by atoms with van der Waals surface area (Å²) in [5.74, 6) is -2.19. The van der Waals surface area contributed by atoms with Gasteiger partial charge in [-0.1, -0.05) is 0 Å². The molecule has 1 aromatic rings. The quantitative estimate of drug-likeness (QED) is 0.797. The van der Waals surface area contributed by atoms with Gasteiger partial charge >= 0.3 is 5.97 Å². The molecular weight excluding hydrogens is 216 g/mol. The number of nitrogens with two attached hydrogens (primary N) is 1. The normalized spacial score (nSPS) is 12.2. The van der Waals surface area contributed by atoms with Crippen LogP contribution in [0.4, 0.5) is 8.78 Å². The number of ether oxygens (including phenoxy) is 1. The number of carbonyl (C=O) groups is 1. The summed E-state index contributed by atoms with van der Waals surface area (Å²) >= 11 is 0. The smallest absolute Gasteiger partial charge is 0.306 e. The largest absolute Gasteiger partial charge is 0.469 e. The zero-order valence-electron chi connectivity index (χ0n) is 8.87. The van der Waals surface area contributed by atoms with Crippen molar-refractivity contribution in [2.75, 3.05) is 13.7 Å². The molecule has 0 heterocycles. The van der Waals surface area contributed by atoms with E-state index in [1.807, 2.05) is 0 Å². The van der Waals surface area contributed by atoms with E-state index in [-0.39, 0.29) is 18.5 Å². The lowest BCUT2D eigenvalue weighted by Gasteiger charge is -2.14. The van der Waals surface area contributed by atoms with Crippen LogP contribution >= 0.6 is 0 Å². The van der Waals surface area contributed by atoms with Crippen LogP contribution in [0.5, 0.6) is 0 Å². The lowest BCUT2D eigenvalue weighted by molar-refractivity contribution is -0.141. The van der Waals surface area contributed by atoms with Crippen LogP contribution in [-0.4, -0.2) is 19.6 Å². The summed E-state index contributed by atoms with van der Waals surface area (Å²) < 4.78 is 30.8. The monoisotopic (exact) mass is 229 g/mol. The van der Waals surface area contributed by atoms with E-state index in [2.05, 4.69) is 4.74 Å². The van der Waals surface area contributed by atoms with Gasteiger partial charge in [0, 0.05) is 5.92 Å². The van der Waals surface area contributed by atoms with Crippen LogP contribution in [0.25, 0.3) is 0 Å². The van der Waals surface area contributed by atoms with Crippen LogP contribution < -0.4 is 5.73 Å². The predicted octanol–water partition coefficient (Wildman–Crippen LogP) is 1.57. The molecular formula is C11H13F2NO2. The molecule has 3 nitrogen and oxygen atoms in total. The SMILES string of the molecule is COC(=O)CC(CN)c1cc(F)ccc1F. The molecule has 0 aliphatic heterocycles. The van der Waals surface area contributed by atoms with Crippen LogP contribution in [0.1, 0.15) is 17.9 Å². The van der Waals surface area contributed by atoms with Gasteiger partial charge in [-0.3, -0.25) is 4.79 Å². The van der Waals surface area contributed by atoms with Crippen LogP contribution in [0, 0.1) is 11.6 Å². The molecule has 5 heteroatoms. The fourth-order valence-corrected chi connectivity index (χ4v) is 1.43. The molecule has 16 heavy (non-hydrogen) atoms. The van der Waals surface area contributed by atoms with Crippen LogP contribution in [0.15, 0.2) is 18.2 Å². The Bertz CT molecular complexity index is 382. The summed E-state index contributed by atoms with van der Waals surface area (Å²) in [6.45, 7) is 0.0511. The van der Waals surface area contributed by atoms with E-state index in [9.17, 15) is 13.6 Å². The van der Waals surface area contributed by atoms with Gasteiger partial charge in [0.15, 0.2) is 0 Å². The summed E-state index contributed by atoms with van der Waals surface area (Å²) in [5.41, 5.74) is 5.53. The van der Waals surface area contributed by atoms with Gasteiger partial charge in [0.25, 0.3) is 0 Å². The average molecular weight is 229 g/mol. The molecule has 1 rings (SSSR count). The second-order valence-electron chi connectivity index (χ2n) is 3.38. The van der Waals surface area contributed by atoms with Crippen molar-refractivity contribution in [3.63, 3.8) is 0 Å².